The predicted molar refractivity (Wildman–Crippen MR) is 123 cm³/mol. The molecule has 7 heteroatoms. The Labute approximate surface area is 189 Å². The van der Waals surface area contributed by atoms with Gasteiger partial charge in [0, 0.05) is 64.3 Å². The Bertz CT molecular complexity index is 927. The molecule has 0 aromatic heterocycles. The summed E-state index contributed by atoms with van der Waals surface area (Å²) in [5.41, 5.74) is 2.10. The lowest BCUT2D eigenvalue weighted by Gasteiger charge is -2.34. The second-order valence-corrected chi connectivity index (χ2v) is 8.42. The fourth-order valence-electron chi connectivity index (χ4n) is 4.33. The zero-order valence-corrected chi connectivity index (χ0v) is 18.3. The summed E-state index contributed by atoms with van der Waals surface area (Å²) in [5, 5.41) is 2.85. The highest BCUT2D eigenvalue weighted by Crippen LogP contribution is 2.24. The van der Waals surface area contributed by atoms with Gasteiger partial charge in [0.25, 0.3) is 0 Å². The molecular weight excluding hydrogens is 404 g/mol. The van der Waals surface area contributed by atoms with Gasteiger partial charge >= 0.3 is 0 Å². The van der Waals surface area contributed by atoms with Crippen LogP contribution < -0.4 is 10.2 Å². The molecule has 0 spiro atoms. The fraction of sp³-hybridized carbons (Fsp3) is 0.400. The molecule has 2 fully saturated rings. The van der Waals surface area contributed by atoms with Crippen molar-refractivity contribution in [1.82, 2.24) is 15.1 Å². The first kappa shape index (κ1) is 22.0. The number of para-hydroxylation sites is 1. The minimum Gasteiger partial charge on any atom is -0.355 e. The Morgan fingerprint density at radius 1 is 0.906 bits per heavy atom. The van der Waals surface area contributed by atoms with E-state index in [1.54, 1.807) is 4.90 Å². The van der Waals surface area contributed by atoms with E-state index in [4.69, 9.17) is 0 Å². The van der Waals surface area contributed by atoms with Crippen LogP contribution >= 0.6 is 0 Å². The lowest BCUT2D eigenvalue weighted by molar-refractivity contribution is -0.133. The van der Waals surface area contributed by atoms with Crippen molar-refractivity contribution in [3.8, 4) is 0 Å². The van der Waals surface area contributed by atoms with Gasteiger partial charge in [-0.2, -0.15) is 0 Å². The SMILES string of the molecule is O=C(NCCC(=O)N1CCN(Cc2ccccc2)CC1)[C@H]1CC(=O)N(c2ccccc2)C1. The molecule has 0 radical (unpaired) electrons. The van der Waals surface area contributed by atoms with Crippen LogP contribution in [0.5, 0.6) is 0 Å². The molecule has 3 amide bonds. The molecule has 0 bridgehead atoms. The highest BCUT2D eigenvalue weighted by atomic mass is 16.2. The van der Waals surface area contributed by atoms with Crippen LogP contribution in [-0.2, 0) is 20.9 Å². The summed E-state index contributed by atoms with van der Waals surface area (Å²) >= 11 is 0. The molecule has 2 heterocycles. The van der Waals surface area contributed by atoms with E-state index >= 15 is 0 Å². The van der Waals surface area contributed by atoms with Crippen LogP contribution in [0.4, 0.5) is 5.69 Å². The smallest absolute Gasteiger partial charge is 0.227 e. The monoisotopic (exact) mass is 434 g/mol. The van der Waals surface area contributed by atoms with Crippen LogP contribution in [0.1, 0.15) is 18.4 Å². The summed E-state index contributed by atoms with van der Waals surface area (Å²) in [6.45, 7) is 4.72. The zero-order chi connectivity index (χ0) is 22.3. The van der Waals surface area contributed by atoms with Crippen molar-refractivity contribution >= 4 is 23.4 Å². The van der Waals surface area contributed by atoms with E-state index in [2.05, 4.69) is 22.3 Å². The van der Waals surface area contributed by atoms with Crippen molar-refractivity contribution in [2.45, 2.75) is 19.4 Å². The van der Waals surface area contributed by atoms with Gasteiger partial charge in [-0.05, 0) is 17.7 Å². The van der Waals surface area contributed by atoms with Crippen LogP contribution in [0.3, 0.4) is 0 Å². The number of carbonyl (C=O) groups excluding carboxylic acids is 3. The maximum atomic E-state index is 12.5. The van der Waals surface area contributed by atoms with Gasteiger partial charge in [0.2, 0.25) is 17.7 Å². The van der Waals surface area contributed by atoms with Crippen molar-refractivity contribution in [3.05, 3.63) is 66.2 Å². The number of nitrogens with one attached hydrogen (secondary N) is 1. The number of hydrogen-bond acceptors (Lipinski definition) is 4. The van der Waals surface area contributed by atoms with Crippen molar-refractivity contribution < 1.29 is 14.4 Å². The molecule has 2 aromatic rings. The molecular formula is C25H30N4O3. The maximum absolute atomic E-state index is 12.5. The number of nitrogens with zero attached hydrogens (tertiary/aromatic N) is 3. The molecule has 4 rings (SSSR count). The number of hydrogen-bond donors (Lipinski definition) is 1. The van der Waals surface area contributed by atoms with E-state index in [9.17, 15) is 14.4 Å². The van der Waals surface area contributed by atoms with E-state index in [-0.39, 0.29) is 36.5 Å². The summed E-state index contributed by atoms with van der Waals surface area (Å²) < 4.78 is 0. The molecule has 2 aliphatic rings. The van der Waals surface area contributed by atoms with E-state index in [0.29, 0.717) is 26.2 Å². The standard InChI is InChI=1S/C25H30N4O3/c30-23(28-15-13-27(14-16-28)18-20-7-3-1-4-8-20)11-12-26-25(32)21-17-24(31)29(19-21)22-9-5-2-6-10-22/h1-10,21H,11-19H2,(H,26,32)/t21-/m0/s1. The molecule has 2 aliphatic heterocycles. The normalized spacial score (nSPS) is 19.2. The van der Waals surface area contributed by atoms with Gasteiger partial charge < -0.3 is 15.1 Å². The topological polar surface area (TPSA) is 73.0 Å². The lowest BCUT2D eigenvalue weighted by atomic mass is 10.1. The van der Waals surface area contributed by atoms with Crippen LogP contribution in [0.2, 0.25) is 0 Å². The van der Waals surface area contributed by atoms with Crippen molar-refractivity contribution in [3.63, 3.8) is 0 Å². The number of amides is 3. The first-order chi connectivity index (χ1) is 15.6. The third kappa shape index (κ3) is 5.53. The summed E-state index contributed by atoms with van der Waals surface area (Å²) in [6, 6.07) is 19.7. The fourth-order valence-corrected chi connectivity index (χ4v) is 4.33. The number of rotatable bonds is 7. The van der Waals surface area contributed by atoms with Crippen LogP contribution in [0, 0.1) is 5.92 Å². The van der Waals surface area contributed by atoms with Gasteiger partial charge in [0.05, 0.1) is 5.92 Å². The molecule has 1 N–H and O–H groups in total. The second-order valence-electron chi connectivity index (χ2n) is 8.42. The van der Waals surface area contributed by atoms with Gasteiger partial charge in [-0.15, -0.1) is 0 Å². The Hall–Kier alpha value is -3.19. The zero-order valence-electron chi connectivity index (χ0n) is 18.3. The van der Waals surface area contributed by atoms with E-state index in [0.717, 1.165) is 25.3 Å². The average molecular weight is 435 g/mol. The molecule has 0 aliphatic carbocycles. The van der Waals surface area contributed by atoms with Gasteiger partial charge in [-0.25, -0.2) is 0 Å². The summed E-state index contributed by atoms with van der Waals surface area (Å²) in [4.78, 5) is 43.3. The maximum Gasteiger partial charge on any atom is 0.227 e. The largest absolute Gasteiger partial charge is 0.355 e. The van der Waals surface area contributed by atoms with Crippen LogP contribution in [-0.4, -0.2) is 66.8 Å². The van der Waals surface area contributed by atoms with E-state index in [1.807, 2.05) is 53.4 Å². The van der Waals surface area contributed by atoms with Crippen molar-refractivity contribution in [2.75, 3.05) is 44.2 Å². The third-order valence-electron chi connectivity index (χ3n) is 6.18. The molecule has 32 heavy (non-hydrogen) atoms. The molecule has 1 atom stereocenters. The van der Waals surface area contributed by atoms with Gasteiger partial charge in [0.1, 0.15) is 0 Å². The average Bonchev–Trinajstić information content (AvgIpc) is 3.22. The summed E-state index contributed by atoms with van der Waals surface area (Å²) in [5.74, 6) is -0.504. The third-order valence-corrected chi connectivity index (χ3v) is 6.18. The van der Waals surface area contributed by atoms with Crippen molar-refractivity contribution in [1.29, 1.82) is 0 Å². The van der Waals surface area contributed by atoms with Crippen molar-refractivity contribution in [2.24, 2.45) is 5.92 Å². The molecule has 7 nitrogen and oxygen atoms in total. The van der Waals surface area contributed by atoms with Gasteiger partial charge in [-0.1, -0.05) is 48.5 Å². The van der Waals surface area contributed by atoms with Gasteiger partial charge in [0.15, 0.2) is 0 Å². The van der Waals surface area contributed by atoms with E-state index in [1.165, 1.54) is 5.56 Å². The molecule has 2 aromatic carbocycles. The Morgan fingerprint density at radius 3 is 2.25 bits per heavy atom. The Morgan fingerprint density at radius 2 is 1.56 bits per heavy atom. The van der Waals surface area contributed by atoms with Crippen LogP contribution in [0.25, 0.3) is 0 Å². The quantitative estimate of drug-likeness (QED) is 0.722. The van der Waals surface area contributed by atoms with Gasteiger partial charge in [-0.3, -0.25) is 19.3 Å². The number of piperazine rings is 1. The molecule has 2 saturated heterocycles. The number of carbonyl (C=O) groups is 3. The Kier molecular flexibility index (Phi) is 7.17. The lowest BCUT2D eigenvalue weighted by Crippen LogP contribution is -2.48. The minimum atomic E-state index is -0.376. The van der Waals surface area contributed by atoms with Crippen LogP contribution in [0.15, 0.2) is 60.7 Å². The molecule has 0 saturated carbocycles. The van der Waals surface area contributed by atoms with E-state index < -0.39 is 0 Å². The predicted octanol–water partition coefficient (Wildman–Crippen LogP) is 1.89. The minimum absolute atomic E-state index is 0.0409. The molecule has 168 valence electrons. The second kappa shape index (κ2) is 10.4. The first-order valence-electron chi connectivity index (χ1n) is 11.3. The first-order valence-corrected chi connectivity index (χ1v) is 11.3. The Balaban J connectivity index is 1.16. The summed E-state index contributed by atoms with van der Waals surface area (Å²) in [6.07, 6.45) is 0.492. The number of anilines is 1. The highest BCUT2D eigenvalue weighted by Gasteiger charge is 2.35. The molecule has 0 unspecified atom stereocenters. The number of benzene rings is 2. The summed E-state index contributed by atoms with van der Waals surface area (Å²) in [7, 11) is 0. The highest BCUT2D eigenvalue weighted by molar-refractivity contribution is 6.00.